The lowest BCUT2D eigenvalue weighted by Crippen LogP contribution is -2.41. The van der Waals surface area contributed by atoms with E-state index in [1.165, 1.54) is 4.90 Å². The number of nitrogens with zero attached hydrogens (tertiary/aromatic N) is 3. The predicted octanol–water partition coefficient (Wildman–Crippen LogP) is 3.06. The normalized spacial score (nSPS) is 13.4. The fourth-order valence-electron chi connectivity index (χ4n) is 3.51. The Morgan fingerprint density at radius 1 is 1.04 bits per heavy atom. The van der Waals surface area contributed by atoms with Gasteiger partial charge in [0.2, 0.25) is 0 Å². The van der Waals surface area contributed by atoms with Gasteiger partial charge in [0.25, 0.3) is 11.8 Å². The topological polar surface area (TPSA) is 67.2 Å². The quantitative estimate of drug-likeness (QED) is 0.376. The van der Waals surface area contributed by atoms with E-state index >= 15 is 0 Å². The van der Waals surface area contributed by atoms with Crippen LogP contribution in [0.3, 0.4) is 0 Å². The Kier molecular flexibility index (Phi) is 4.85. The molecular weight excluding hydrogens is 360 g/mol. The van der Waals surface area contributed by atoms with Crippen LogP contribution in [-0.2, 0) is 6.54 Å². The van der Waals surface area contributed by atoms with Crippen LogP contribution < -0.4 is 5.32 Å². The number of anilines is 1. The largest absolute Gasteiger partial charge is 0.384 e. The highest BCUT2D eigenvalue weighted by atomic mass is 32.1. The molecule has 0 radical (unpaired) electrons. The van der Waals surface area contributed by atoms with Crippen LogP contribution in [-0.4, -0.2) is 45.1 Å². The number of hydrogen-bond acceptors (Lipinski definition) is 5. The molecule has 27 heavy (non-hydrogen) atoms. The molecule has 0 saturated heterocycles. The van der Waals surface area contributed by atoms with Crippen LogP contribution in [0.25, 0.3) is 10.8 Å². The number of thiol groups is 1. The highest BCUT2D eigenvalue weighted by molar-refractivity contribution is 7.80. The molecule has 1 aromatic heterocycles. The van der Waals surface area contributed by atoms with Gasteiger partial charge in [0.05, 0.1) is 6.33 Å². The van der Waals surface area contributed by atoms with Gasteiger partial charge in [-0.3, -0.25) is 14.5 Å². The third-order valence-corrected chi connectivity index (χ3v) is 4.98. The summed E-state index contributed by atoms with van der Waals surface area (Å²) in [6, 6.07) is 9.34. The molecule has 7 heteroatoms. The molecule has 0 bridgehead atoms. The molecule has 1 aliphatic heterocycles. The molecule has 4 rings (SSSR count). The molecule has 3 aromatic rings. The van der Waals surface area contributed by atoms with Crippen LogP contribution >= 0.6 is 12.6 Å². The summed E-state index contributed by atoms with van der Waals surface area (Å²) in [5.74, 6) is -0.0480. The Bertz CT molecular complexity index is 978. The highest BCUT2D eigenvalue weighted by Gasteiger charge is 2.32. The lowest BCUT2D eigenvalue weighted by atomic mass is 9.93. The summed E-state index contributed by atoms with van der Waals surface area (Å²) in [5.41, 5.74) is 2.08. The van der Waals surface area contributed by atoms with Gasteiger partial charge < -0.3 is 9.88 Å². The zero-order valence-corrected chi connectivity index (χ0v) is 15.7. The van der Waals surface area contributed by atoms with Crippen molar-refractivity contribution in [2.75, 3.05) is 24.2 Å². The van der Waals surface area contributed by atoms with E-state index in [1.807, 2.05) is 35.0 Å². The average molecular weight is 380 g/mol. The summed E-state index contributed by atoms with van der Waals surface area (Å²) < 4.78 is 2.03. The SMILES string of the molecule is O=C1c2cccc3c(NCCCn4ccnc4)ccc(c23)C(=O)N1CCS. The molecule has 2 aromatic carbocycles. The summed E-state index contributed by atoms with van der Waals surface area (Å²) in [6.07, 6.45) is 6.45. The summed E-state index contributed by atoms with van der Waals surface area (Å²) in [5, 5.41) is 5.08. The van der Waals surface area contributed by atoms with Crippen LogP contribution in [0.4, 0.5) is 5.69 Å². The second kappa shape index (κ2) is 7.44. The van der Waals surface area contributed by atoms with Crippen molar-refractivity contribution >= 4 is 40.9 Å². The summed E-state index contributed by atoms with van der Waals surface area (Å²) >= 11 is 4.17. The van der Waals surface area contributed by atoms with Gasteiger partial charge in [-0.25, -0.2) is 4.98 Å². The van der Waals surface area contributed by atoms with Gasteiger partial charge in [-0.05, 0) is 24.6 Å². The lowest BCUT2D eigenvalue weighted by Gasteiger charge is -2.27. The second-order valence-electron chi connectivity index (χ2n) is 6.46. The minimum absolute atomic E-state index is 0.246. The van der Waals surface area contributed by atoms with Crippen LogP contribution in [0.5, 0.6) is 0 Å². The van der Waals surface area contributed by atoms with Gasteiger partial charge in [0.15, 0.2) is 0 Å². The van der Waals surface area contributed by atoms with Crippen molar-refractivity contribution in [3.63, 3.8) is 0 Å². The van der Waals surface area contributed by atoms with Crippen molar-refractivity contribution in [3.8, 4) is 0 Å². The molecule has 0 unspecified atom stereocenters. The van der Waals surface area contributed by atoms with E-state index in [0.29, 0.717) is 23.4 Å². The highest BCUT2D eigenvalue weighted by Crippen LogP contribution is 2.34. The van der Waals surface area contributed by atoms with E-state index in [4.69, 9.17) is 0 Å². The third kappa shape index (κ3) is 3.19. The molecule has 0 fully saturated rings. The molecule has 1 N–H and O–H groups in total. The first-order valence-electron chi connectivity index (χ1n) is 8.93. The van der Waals surface area contributed by atoms with Crippen molar-refractivity contribution in [2.24, 2.45) is 0 Å². The van der Waals surface area contributed by atoms with Crippen molar-refractivity contribution in [3.05, 3.63) is 60.2 Å². The van der Waals surface area contributed by atoms with Crippen molar-refractivity contribution in [1.82, 2.24) is 14.5 Å². The molecule has 0 spiro atoms. The number of imidazole rings is 1. The van der Waals surface area contributed by atoms with Crippen LogP contribution in [0.1, 0.15) is 27.1 Å². The summed E-state index contributed by atoms with van der Waals surface area (Å²) in [6.45, 7) is 1.97. The average Bonchev–Trinajstić information content (AvgIpc) is 3.20. The van der Waals surface area contributed by atoms with Crippen molar-refractivity contribution in [2.45, 2.75) is 13.0 Å². The van der Waals surface area contributed by atoms with Crippen LogP contribution in [0, 0.1) is 0 Å². The maximum absolute atomic E-state index is 12.7. The molecule has 6 nitrogen and oxygen atoms in total. The Balaban J connectivity index is 1.61. The number of rotatable bonds is 7. The first-order valence-corrected chi connectivity index (χ1v) is 9.56. The first-order chi connectivity index (χ1) is 13.2. The molecular formula is C20H20N4O2S. The van der Waals surface area contributed by atoms with E-state index < -0.39 is 0 Å². The van der Waals surface area contributed by atoms with Gasteiger partial charge in [-0.15, -0.1) is 0 Å². The van der Waals surface area contributed by atoms with Gasteiger partial charge in [0.1, 0.15) is 0 Å². The van der Waals surface area contributed by atoms with Gasteiger partial charge in [-0.1, -0.05) is 12.1 Å². The lowest BCUT2D eigenvalue weighted by molar-refractivity contribution is 0.0621. The van der Waals surface area contributed by atoms with E-state index in [-0.39, 0.29) is 11.8 Å². The first kappa shape index (κ1) is 17.6. The predicted molar refractivity (Wildman–Crippen MR) is 109 cm³/mol. The third-order valence-electron chi connectivity index (χ3n) is 4.78. The summed E-state index contributed by atoms with van der Waals surface area (Å²) in [7, 11) is 0. The zero-order chi connectivity index (χ0) is 18.8. The molecule has 0 saturated carbocycles. The summed E-state index contributed by atoms with van der Waals surface area (Å²) in [4.78, 5) is 30.8. The Hall–Kier alpha value is -2.80. The second-order valence-corrected chi connectivity index (χ2v) is 6.90. The van der Waals surface area contributed by atoms with E-state index in [1.54, 1.807) is 18.6 Å². The maximum atomic E-state index is 12.7. The molecule has 2 amide bonds. The molecule has 138 valence electrons. The number of nitrogens with one attached hydrogen (secondary N) is 1. The Morgan fingerprint density at radius 2 is 1.85 bits per heavy atom. The molecule has 0 aliphatic carbocycles. The minimum atomic E-state index is -0.246. The molecule has 2 heterocycles. The standard InChI is InChI=1S/C20H20N4O2S/c25-19-15-4-1-3-14-17(22-7-2-9-23-10-8-21-13-23)6-5-16(18(14)15)20(26)24(19)11-12-27/h1,3-6,8,10,13,22,27H,2,7,9,11-12H2. The van der Waals surface area contributed by atoms with Crippen molar-refractivity contribution in [1.29, 1.82) is 0 Å². The van der Waals surface area contributed by atoms with E-state index in [0.717, 1.165) is 36.0 Å². The van der Waals surface area contributed by atoms with Crippen molar-refractivity contribution < 1.29 is 9.59 Å². The smallest absolute Gasteiger partial charge is 0.261 e. The number of hydrogen-bond donors (Lipinski definition) is 2. The Morgan fingerprint density at radius 3 is 2.59 bits per heavy atom. The molecule has 1 aliphatic rings. The Labute approximate surface area is 162 Å². The maximum Gasteiger partial charge on any atom is 0.261 e. The van der Waals surface area contributed by atoms with Gasteiger partial charge >= 0.3 is 0 Å². The van der Waals surface area contributed by atoms with Gasteiger partial charge in [-0.2, -0.15) is 12.6 Å². The zero-order valence-electron chi connectivity index (χ0n) is 14.8. The molecule has 0 atom stereocenters. The number of carbonyl (C=O) groups excluding carboxylic acids is 2. The monoisotopic (exact) mass is 380 g/mol. The number of benzene rings is 2. The van der Waals surface area contributed by atoms with Gasteiger partial charge in [0, 0.05) is 65.4 Å². The fraction of sp³-hybridized carbons (Fsp3) is 0.250. The minimum Gasteiger partial charge on any atom is -0.384 e. The number of carbonyl (C=O) groups is 2. The van der Waals surface area contributed by atoms with Crippen LogP contribution in [0.15, 0.2) is 49.1 Å². The number of imide groups is 1. The number of amides is 2. The van der Waals surface area contributed by atoms with Crippen LogP contribution in [0.2, 0.25) is 0 Å². The fourth-order valence-corrected chi connectivity index (χ4v) is 3.71. The number of aryl methyl sites for hydroxylation is 1. The number of aromatic nitrogens is 2. The van der Waals surface area contributed by atoms with E-state index in [2.05, 4.69) is 22.9 Å². The van der Waals surface area contributed by atoms with E-state index in [9.17, 15) is 9.59 Å².